The third-order valence-electron chi connectivity index (χ3n) is 1.45. The van der Waals surface area contributed by atoms with Gasteiger partial charge in [0.2, 0.25) is 0 Å². The fourth-order valence-electron chi connectivity index (χ4n) is 0.854. The van der Waals surface area contributed by atoms with Crippen molar-refractivity contribution >= 4 is 44.8 Å². The molecule has 1 aromatic rings. The summed E-state index contributed by atoms with van der Waals surface area (Å²) < 4.78 is 0.875. The maximum Gasteiger partial charge on any atom is 0.0593 e. The van der Waals surface area contributed by atoms with Crippen molar-refractivity contribution in [1.82, 2.24) is 0 Å². The number of hydrogen-bond acceptors (Lipinski definition) is 1. The van der Waals surface area contributed by atoms with Crippen LogP contribution in [0.3, 0.4) is 0 Å². The van der Waals surface area contributed by atoms with Gasteiger partial charge in [-0.05, 0) is 28.1 Å². The molecule has 70 valence electrons. The zero-order chi connectivity index (χ0) is 9.68. The van der Waals surface area contributed by atoms with Gasteiger partial charge in [0.05, 0.1) is 15.2 Å². The highest BCUT2D eigenvalue weighted by Crippen LogP contribution is 2.29. The second-order valence-corrected chi connectivity index (χ2v) is 3.80. The van der Waals surface area contributed by atoms with E-state index in [1.807, 2.05) is 24.3 Å². The van der Waals surface area contributed by atoms with Crippen LogP contribution in [-0.4, -0.2) is 6.54 Å². The quantitative estimate of drug-likeness (QED) is 0.872. The molecule has 0 heterocycles. The molecule has 1 rings (SSSR count). The molecule has 1 aromatic carbocycles. The zero-order valence-electron chi connectivity index (χ0n) is 6.73. The van der Waals surface area contributed by atoms with Crippen LogP contribution in [0.25, 0.3) is 0 Å². The molecule has 0 aliphatic carbocycles. The Morgan fingerprint density at radius 2 is 2.23 bits per heavy atom. The van der Waals surface area contributed by atoms with E-state index in [1.54, 1.807) is 0 Å². The predicted molar refractivity (Wildman–Crippen MR) is 62.6 cm³/mol. The van der Waals surface area contributed by atoms with Crippen molar-refractivity contribution in [2.75, 3.05) is 11.9 Å². The van der Waals surface area contributed by atoms with E-state index in [0.717, 1.165) is 10.2 Å². The summed E-state index contributed by atoms with van der Waals surface area (Å²) in [5, 5.41) is 3.85. The van der Waals surface area contributed by atoms with Gasteiger partial charge in [0.15, 0.2) is 0 Å². The molecule has 0 spiro atoms. The Hall–Kier alpha value is -0.180. The molecule has 0 saturated heterocycles. The molecule has 0 fully saturated rings. The summed E-state index contributed by atoms with van der Waals surface area (Å²) in [4.78, 5) is 0. The van der Waals surface area contributed by atoms with E-state index in [1.165, 1.54) is 5.54 Å². The van der Waals surface area contributed by atoms with E-state index in [2.05, 4.69) is 21.2 Å². The van der Waals surface area contributed by atoms with Crippen LogP contribution in [0.4, 0.5) is 5.69 Å². The Morgan fingerprint density at radius 3 is 2.92 bits per heavy atom. The van der Waals surface area contributed by atoms with Crippen molar-refractivity contribution in [1.29, 1.82) is 0 Å². The van der Waals surface area contributed by atoms with E-state index in [9.17, 15) is 0 Å². The van der Waals surface area contributed by atoms with Crippen LogP contribution in [0.15, 0.2) is 34.3 Å². The van der Waals surface area contributed by atoms with Gasteiger partial charge in [-0.2, -0.15) is 0 Å². The minimum atomic E-state index is 0.683. The van der Waals surface area contributed by atoms with Crippen LogP contribution in [0.1, 0.15) is 0 Å². The molecule has 0 bridgehead atoms. The maximum atomic E-state index is 5.90. The standard InChI is InChI=1S/C9H8BrCl2N/c10-9-7(12)3-1-4-8(9)13-6-2-5-11/h1-5,13H,6H2/b5-2+. The summed E-state index contributed by atoms with van der Waals surface area (Å²) in [5.74, 6) is 0. The molecule has 0 aliphatic heterocycles. The van der Waals surface area contributed by atoms with Crippen molar-refractivity contribution < 1.29 is 0 Å². The summed E-state index contributed by atoms with van der Waals surface area (Å²) in [6.45, 7) is 0.683. The smallest absolute Gasteiger partial charge is 0.0593 e. The van der Waals surface area contributed by atoms with E-state index in [0.29, 0.717) is 11.6 Å². The fraction of sp³-hybridized carbons (Fsp3) is 0.111. The van der Waals surface area contributed by atoms with Crippen LogP contribution in [0.5, 0.6) is 0 Å². The summed E-state index contributed by atoms with van der Waals surface area (Å²) >= 11 is 14.7. The van der Waals surface area contributed by atoms with Gasteiger partial charge >= 0.3 is 0 Å². The normalized spacial score (nSPS) is 10.7. The molecule has 0 amide bonds. The molecular formula is C9H8BrCl2N. The highest BCUT2D eigenvalue weighted by atomic mass is 79.9. The lowest BCUT2D eigenvalue weighted by atomic mass is 10.3. The SMILES string of the molecule is Cl/C=C/CNc1cccc(Cl)c1Br. The first-order valence-corrected chi connectivity index (χ1v) is 5.29. The molecule has 0 unspecified atom stereocenters. The highest BCUT2D eigenvalue weighted by molar-refractivity contribution is 9.10. The van der Waals surface area contributed by atoms with Gasteiger partial charge in [0.25, 0.3) is 0 Å². The summed E-state index contributed by atoms with van der Waals surface area (Å²) in [6.07, 6.45) is 1.81. The zero-order valence-corrected chi connectivity index (χ0v) is 9.83. The van der Waals surface area contributed by atoms with Gasteiger partial charge in [-0.1, -0.05) is 35.3 Å². The first-order valence-electron chi connectivity index (χ1n) is 3.69. The van der Waals surface area contributed by atoms with Gasteiger partial charge in [-0.3, -0.25) is 0 Å². The summed E-state index contributed by atoms with van der Waals surface area (Å²) in [6, 6.07) is 5.66. The number of benzene rings is 1. The average Bonchev–Trinajstić information content (AvgIpc) is 2.13. The third-order valence-corrected chi connectivity index (χ3v) is 3.03. The van der Waals surface area contributed by atoms with Gasteiger partial charge in [-0.25, -0.2) is 0 Å². The second-order valence-electron chi connectivity index (χ2n) is 2.34. The Labute approximate surface area is 95.9 Å². The van der Waals surface area contributed by atoms with E-state index < -0.39 is 0 Å². The van der Waals surface area contributed by atoms with Crippen LogP contribution < -0.4 is 5.32 Å². The van der Waals surface area contributed by atoms with Crippen molar-refractivity contribution in [2.45, 2.75) is 0 Å². The van der Waals surface area contributed by atoms with Crippen molar-refractivity contribution in [2.24, 2.45) is 0 Å². The molecule has 0 radical (unpaired) electrons. The number of anilines is 1. The number of rotatable bonds is 3. The van der Waals surface area contributed by atoms with Gasteiger partial charge in [0.1, 0.15) is 0 Å². The second kappa shape index (κ2) is 5.53. The minimum Gasteiger partial charge on any atom is -0.381 e. The molecule has 4 heteroatoms. The van der Waals surface area contributed by atoms with Gasteiger partial charge < -0.3 is 5.32 Å². The van der Waals surface area contributed by atoms with Crippen LogP contribution >= 0.6 is 39.1 Å². The third kappa shape index (κ3) is 3.22. The molecule has 0 saturated carbocycles. The number of nitrogens with one attached hydrogen (secondary N) is 1. The lowest BCUT2D eigenvalue weighted by Crippen LogP contribution is -1.98. The topological polar surface area (TPSA) is 12.0 Å². The average molecular weight is 281 g/mol. The van der Waals surface area contributed by atoms with E-state index >= 15 is 0 Å². The minimum absolute atomic E-state index is 0.683. The van der Waals surface area contributed by atoms with Crippen molar-refractivity contribution in [3.05, 3.63) is 39.3 Å². The number of halogens is 3. The molecule has 13 heavy (non-hydrogen) atoms. The monoisotopic (exact) mass is 279 g/mol. The highest BCUT2D eigenvalue weighted by Gasteiger charge is 2.00. The molecule has 1 N–H and O–H groups in total. The molecule has 0 aliphatic rings. The Balaban J connectivity index is 2.71. The molecule has 1 nitrogen and oxygen atoms in total. The van der Waals surface area contributed by atoms with Crippen molar-refractivity contribution in [3.63, 3.8) is 0 Å². The molecular weight excluding hydrogens is 273 g/mol. The maximum absolute atomic E-state index is 5.90. The Morgan fingerprint density at radius 1 is 1.46 bits per heavy atom. The Kier molecular flexibility index (Phi) is 4.64. The number of hydrogen-bond donors (Lipinski definition) is 1. The van der Waals surface area contributed by atoms with E-state index in [4.69, 9.17) is 23.2 Å². The van der Waals surface area contributed by atoms with Crippen molar-refractivity contribution in [3.8, 4) is 0 Å². The lowest BCUT2D eigenvalue weighted by Gasteiger charge is -2.06. The predicted octanol–water partition coefficient (Wildman–Crippen LogP) is 4.27. The summed E-state index contributed by atoms with van der Waals surface area (Å²) in [5.41, 5.74) is 2.44. The first kappa shape index (κ1) is 10.9. The summed E-state index contributed by atoms with van der Waals surface area (Å²) in [7, 11) is 0. The van der Waals surface area contributed by atoms with Gasteiger partial charge in [-0.15, -0.1) is 0 Å². The van der Waals surface area contributed by atoms with Crippen LogP contribution in [0.2, 0.25) is 5.02 Å². The fourth-order valence-corrected chi connectivity index (χ4v) is 1.52. The van der Waals surface area contributed by atoms with E-state index in [-0.39, 0.29) is 0 Å². The van der Waals surface area contributed by atoms with Crippen LogP contribution in [0, 0.1) is 0 Å². The molecule has 0 atom stereocenters. The van der Waals surface area contributed by atoms with Crippen LogP contribution in [-0.2, 0) is 0 Å². The largest absolute Gasteiger partial charge is 0.381 e. The molecule has 0 aromatic heterocycles. The Bertz CT molecular complexity index is 312. The lowest BCUT2D eigenvalue weighted by molar-refractivity contribution is 1.33. The van der Waals surface area contributed by atoms with Gasteiger partial charge in [0, 0.05) is 12.1 Å². The first-order chi connectivity index (χ1) is 6.25.